The molecule has 10 heteroatoms. The molecule has 9 nitrogen and oxygen atoms in total. The molecule has 3 amide bonds. The zero-order chi connectivity index (χ0) is 22.1. The Morgan fingerprint density at radius 2 is 1.80 bits per heavy atom. The fourth-order valence-electron chi connectivity index (χ4n) is 3.80. The molecule has 1 aromatic carbocycles. The van der Waals surface area contributed by atoms with Gasteiger partial charge in [-0.3, -0.25) is 24.1 Å². The van der Waals surface area contributed by atoms with Crippen LogP contribution in [0.1, 0.15) is 47.4 Å². The first kappa shape index (κ1) is 21.9. The zero-order valence-corrected chi connectivity index (χ0v) is 17.7. The standard InChI is InChI=1S/C20H24N2O7S/c1-3-21(14-9-11-30(27,28)12-14)18(24)13(2)29-17(23)8-10-22-19(25)15-6-4-5-7-16(15)20(22)26/h4-7,13-14H,3,8-12H2,1-2H3. The van der Waals surface area contributed by atoms with Gasteiger partial charge in [0.25, 0.3) is 17.7 Å². The number of likely N-dealkylation sites (N-methyl/N-ethyl adjacent to an activating group) is 1. The third kappa shape index (κ3) is 4.38. The summed E-state index contributed by atoms with van der Waals surface area (Å²) < 4.78 is 28.6. The van der Waals surface area contributed by atoms with E-state index in [0.29, 0.717) is 24.1 Å². The third-order valence-electron chi connectivity index (χ3n) is 5.35. The highest BCUT2D eigenvalue weighted by Gasteiger charge is 2.37. The van der Waals surface area contributed by atoms with Gasteiger partial charge in [0, 0.05) is 19.1 Å². The van der Waals surface area contributed by atoms with Gasteiger partial charge in [0.15, 0.2) is 15.9 Å². The number of benzene rings is 1. The molecule has 3 rings (SSSR count). The molecule has 0 spiro atoms. The molecular weight excluding hydrogens is 412 g/mol. The Kier molecular flexibility index (Phi) is 6.25. The van der Waals surface area contributed by atoms with Crippen LogP contribution < -0.4 is 0 Å². The fourth-order valence-corrected chi connectivity index (χ4v) is 5.53. The number of carbonyl (C=O) groups is 4. The van der Waals surface area contributed by atoms with E-state index in [4.69, 9.17) is 4.74 Å². The summed E-state index contributed by atoms with van der Waals surface area (Å²) in [5.41, 5.74) is 0.592. The summed E-state index contributed by atoms with van der Waals surface area (Å²) in [7, 11) is -3.16. The van der Waals surface area contributed by atoms with Crippen molar-refractivity contribution in [3.63, 3.8) is 0 Å². The average molecular weight is 436 g/mol. The van der Waals surface area contributed by atoms with Gasteiger partial charge >= 0.3 is 5.97 Å². The van der Waals surface area contributed by atoms with E-state index >= 15 is 0 Å². The molecule has 0 radical (unpaired) electrons. The van der Waals surface area contributed by atoms with Crippen LogP contribution in [0.2, 0.25) is 0 Å². The van der Waals surface area contributed by atoms with E-state index in [1.807, 2.05) is 0 Å². The van der Waals surface area contributed by atoms with Gasteiger partial charge in [-0.1, -0.05) is 12.1 Å². The Hall–Kier alpha value is -2.75. The number of sulfone groups is 1. The Balaban J connectivity index is 1.54. The quantitative estimate of drug-likeness (QED) is 0.455. The number of hydrogen-bond acceptors (Lipinski definition) is 7. The number of ether oxygens (including phenoxy) is 1. The second-order valence-electron chi connectivity index (χ2n) is 7.37. The lowest BCUT2D eigenvalue weighted by atomic mass is 10.1. The summed E-state index contributed by atoms with van der Waals surface area (Å²) >= 11 is 0. The van der Waals surface area contributed by atoms with Gasteiger partial charge in [-0.05, 0) is 32.4 Å². The molecule has 2 atom stereocenters. The average Bonchev–Trinajstić information content (AvgIpc) is 3.18. The molecule has 2 heterocycles. The molecule has 1 aromatic rings. The van der Waals surface area contributed by atoms with Crippen LogP contribution >= 0.6 is 0 Å². The van der Waals surface area contributed by atoms with Crippen LogP contribution in [0.3, 0.4) is 0 Å². The van der Waals surface area contributed by atoms with Crippen molar-refractivity contribution in [1.82, 2.24) is 9.80 Å². The van der Waals surface area contributed by atoms with E-state index in [0.717, 1.165) is 4.90 Å². The first-order valence-corrected chi connectivity index (χ1v) is 11.6. The Morgan fingerprint density at radius 1 is 1.20 bits per heavy atom. The summed E-state index contributed by atoms with van der Waals surface area (Å²) in [5, 5.41) is 0. The molecule has 0 bridgehead atoms. The molecule has 1 fully saturated rings. The summed E-state index contributed by atoms with van der Waals surface area (Å²) in [4.78, 5) is 51.9. The first-order chi connectivity index (χ1) is 14.1. The summed E-state index contributed by atoms with van der Waals surface area (Å²) in [6, 6.07) is 6.00. The molecule has 2 unspecified atom stereocenters. The molecule has 2 aliphatic heterocycles. The minimum absolute atomic E-state index is 0.0376. The number of nitrogens with zero attached hydrogens (tertiary/aromatic N) is 2. The van der Waals surface area contributed by atoms with E-state index in [1.165, 1.54) is 11.8 Å². The van der Waals surface area contributed by atoms with Crippen molar-refractivity contribution < 1.29 is 32.3 Å². The zero-order valence-electron chi connectivity index (χ0n) is 16.9. The fraction of sp³-hybridized carbons (Fsp3) is 0.500. The maximum Gasteiger partial charge on any atom is 0.308 e. The summed E-state index contributed by atoms with van der Waals surface area (Å²) in [6.07, 6.45) is -0.974. The number of amides is 3. The number of imide groups is 1. The minimum atomic E-state index is -3.16. The smallest absolute Gasteiger partial charge is 0.308 e. The van der Waals surface area contributed by atoms with Crippen LogP contribution in [0.4, 0.5) is 0 Å². The van der Waals surface area contributed by atoms with E-state index in [-0.39, 0.29) is 24.5 Å². The molecular formula is C20H24N2O7S. The molecule has 0 saturated carbocycles. The lowest BCUT2D eigenvalue weighted by molar-refractivity contribution is -0.160. The van der Waals surface area contributed by atoms with Gasteiger partial charge in [-0.2, -0.15) is 0 Å². The van der Waals surface area contributed by atoms with Crippen LogP contribution in [0.25, 0.3) is 0 Å². The molecule has 0 N–H and O–H groups in total. The Labute approximate surface area is 174 Å². The molecule has 162 valence electrons. The van der Waals surface area contributed by atoms with Crippen molar-refractivity contribution >= 4 is 33.5 Å². The Morgan fingerprint density at radius 3 is 2.30 bits per heavy atom. The van der Waals surface area contributed by atoms with E-state index in [9.17, 15) is 27.6 Å². The predicted octanol–water partition coefficient (Wildman–Crippen LogP) is 0.640. The predicted molar refractivity (Wildman–Crippen MR) is 106 cm³/mol. The van der Waals surface area contributed by atoms with Gasteiger partial charge in [-0.25, -0.2) is 8.42 Å². The van der Waals surface area contributed by atoms with Crippen LogP contribution in [-0.4, -0.2) is 78.6 Å². The number of esters is 1. The molecule has 0 aliphatic carbocycles. The molecule has 30 heavy (non-hydrogen) atoms. The maximum atomic E-state index is 12.7. The van der Waals surface area contributed by atoms with Crippen molar-refractivity contribution in [2.75, 3.05) is 24.6 Å². The van der Waals surface area contributed by atoms with Crippen LogP contribution in [-0.2, 0) is 24.2 Å². The van der Waals surface area contributed by atoms with E-state index < -0.39 is 45.7 Å². The highest BCUT2D eigenvalue weighted by Crippen LogP contribution is 2.23. The molecule has 1 saturated heterocycles. The van der Waals surface area contributed by atoms with Crippen LogP contribution in [0.15, 0.2) is 24.3 Å². The van der Waals surface area contributed by atoms with E-state index in [2.05, 4.69) is 0 Å². The number of fused-ring (bicyclic) bond motifs is 1. The summed E-state index contributed by atoms with van der Waals surface area (Å²) in [5.74, 6) is -2.17. The van der Waals surface area contributed by atoms with E-state index in [1.54, 1.807) is 31.2 Å². The number of rotatable bonds is 7. The summed E-state index contributed by atoms with van der Waals surface area (Å²) in [6.45, 7) is 3.31. The second-order valence-corrected chi connectivity index (χ2v) is 9.60. The third-order valence-corrected chi connectivity index (χ3v) is 7.10. The SMILES string of the molecule is CCN(C(=O)C(C)OC(=O)CCN1C(=O)c2ccccc2C1=O)C1CCS(=O)(=O)C1. The lowest BCUT2D eigenvalue weighted by Gasteiger charge is -2.29. The Bertz CT molecular complexity index is 954. The van der Waals surface area contributed by atoms with Gasteiger partial charge in [-0.15, -0.1) is 0 Å². The van der Waals surface area contributed by atoms with Crippen LogP contribution in [0.5, 0.6) is 0 Å². The first-order valence-electron chi connectivity index (χ1n) is 9.80. The van der Waals surface area contributed by atoms with Crippen molar-refractivity contribution in [2.24, 2.45) is 0 Å². The largest absolute Gasteiger partial charge is 0.452 e. The molecule has 0 aromatic heterocycles. The van der Waals surface area contributed by atoms with Crippen molar-refractivity contribution in [1.29, 1.82) is 0 Å². The highest BCUT2D eigenvalue weighted by molar-refractivity contribution is 7.91. The lowest BCUT2D eigenvalue weighted by Crippen LogP contribution is -2.46. The van der Waals surface area contributed by atoms with Crippen molar-refractivity contribution in [3.05, 3.63) is 35.4 Å². The normalized spacial score (nSPS) is 20.7. The number of carbonyl (C=O) groups excluding carboxylic acids is 4. The van der Waals surface area contributed by atoms with Crippen molar-refractivity contribution in [2.45, 2.75) is 38.8 Å². The van der Waals surface area contributed by atoms with Crippen molar-refractivity contribution in [3.8, 4) is 0 Å². The van der Waals surface area contributed by atoms with Gasteiger partial charge < -0.3 is 9.64 Å². The number of hydrogen-bond donors (Lipinski definition) is 0. The second kappa shape index (κ2) is 8.55. The van der Waals surface area contributed by atoms with Gasteiger partial charge in [0.05, 0.1) is 29.1 Å². The monoisotopic (exact) mass is 436 g/mol. The van der Waals surface area contributed by atoms with Gasteiger partial charge in [0.1, 0.15) is 0 Å². The highest BCUT2D eigenvalue weighted by atomic mass is 32.2. The maximum absolute atomic E-state index is 12.7. The minimum Gasteiger partial charge on any atom is -0.452 e. The topological polar surface area (TPSA) is 118 Å². The molecule has 2 aliphatic rings. The van der Waals surface area contributed by atoms with Crippen LogP contribution in [0, 0.1) is 0 Å². The van der Waals surface area contributed by atoms with Gasteiger partial charge in [0.2, 0.25) is 0 Å².